The Labute approximate surface area is 124 Å². The van der Waals surface area contributed by atoms with E-state index in [1.807, 2.05) is 12.1 Å². The maximum absolute atomic E-state index is 13.7. The Morgan fingerprint density at radius 3 is 2.57 bits per heavy atom. The summed E-state index contributed by atoms with van der Waals surface area (Å²) >= 11 is 0. The number of nitrogens with one attached hydrogen (secondary N) is 1. The Morgan fingerprint density at radius 1 is 1.10 bits per heavy atom. The molecule has 110 valence electrons. The number of aryl methyl sites for hydroxylation is 3. The van der Waals surface area contributed by atoms with Gasteiger partial charge in [0.25, 0.3) is 0 Å². The first kappa shape index (κ1) is 14.0. The second kappa shape index (κ2) is 5.80. The van der Waals surface area contributed by atoms with Crippen molar-refractivity contribution in [3.8, 4) is 0 Å². The maximum atomic E-state index is 13.7. The molecule has 4 heteroatoms. The lowest BCUT2D eigenvalue weighted by Crippen LogP contribution is -2.12. The Hall–Kier alpha value is -1.97. The fraction of sp³-hybridized carbons (Fsp3) is 0.412. The molecule has 0 radical (unpaired) electrons. The van der Waals surface area contributed by atoms with Gasteiger partial charge in [-0.3, -0.25) is 0 Å². The number of benzene rings is 1. The van der Waals surface area contributed by atoms with E-state index in [9.17, 15) is 4.39 Å². The van der Waals surface area contributed by atoms with Crippen LogP contribution in [0.1, 0.15) is 40.8 Å². The summed E-state index contributed by atoms with van der Waals surface area (Å²) in [5.74, 6) is 0.817. The summed E-state index contributed by atoms with van der Waals surface area (Å²) in [4.78, 5) is 8.75. The van der Waals surface area contributed by atoms with Gasteiger partial charge in [-0.15, -0.1) is 0 Å². The van der Waals surface area contributed by atoms with Crippen LogP contribution in [0.15, 0.2) is 18.5 Å². The number of fused-ring (bicyclic) bond motifs is 1. The van der Waals surface area contributed by atoms with E-state index in [1.165, 1.54) is 24.1 Å². The van der Waals surface area contributed by atoms with E-state index >= 15 is 0 Å². The minimum atomic E-state index is -0.113. The van der Waals surface area contributed by atoms with Crippen LogP contribution in [-0.4, -0.2) is 9.97 Å². The highest BCUT2D eigenvalue weighted by molar-refractivity contribution is 5.47. The molecule has 0 aliphatic heterocycles. The summed E-state index contributed by atoms with van der Waals surface area (Å²) in [6.07, 6.45) is 6.12. The van der Waals surface area contributed by atoms with Crippen molar-refractivity contribution in [2.24, 2.45) is 0 Å². The van der Waals surface area contributed by atoms with Gasteiger partial charge < -0.3 is 5.32 Å². The molecule has 2 aromatic rings. The van der Waals surface area contributed by atoms with Gasteiger partial charge in [-0.05, 0) is 56.2 Å². The number of anilines is 1. The van der Waals surface area contributed by atoms with Crippen molar-refractivity contribution in [2.45, 2.75) is 46.1 Å². The van der Waals surface area contributed by atoms with Crippen molar-refractivity contribution in [3.63, 3.8) is 0 Å². The van der Waals surface area contributed by atoms with Gasteiger partial charge in [0.05, 0.1) is 0 Å². The second-order valence-corrected chi connectivity index (χ2v) is 5.75. The first-order valence-corrected chi connectivity index (χ1v) is 7.47. The third-order valence-electron chi connectivity index (χ3n) is 4.08. The summed E-state index contributed by atoms with van der Waals surface area (Å²) in [7, 11) is 0. The van der Waals surface area contributed by atoms with E-state index < -0.39 is 0 Å². The molecule has 1 heterocycles. The molecule has 0 unspecified atom stereocenters. The van der Waals surface area contributed by atoms with E-state index in [-0.39, 0.29) is 5.82 Å². The highest BCUT2D eigenvalue weighted by Gasteiger charge is 2.15. The lowest BCUT2D eigenvalue weighted by atomic mass is 9.96. The standard InChI is InChI=1S/C17H20FN3/c1-11-7-13(8-12(2)16(11)18)9-19-17-14-5-3-4-6-15(14)20-10-21-17/h7-8,10H,3-6,9H2,1-2H3,(H,19,20,21). The van der Waals surface area contributed by atoms with Gasteiger partial charge in [0, 0.05) is 17.8 Å². The summed E-state index contributed by atoms with van der Waals surface area (Å²) < 4.78 is 13.7. The van der Waals surface area contributed by atoms with Crippen LogP contribution in [0.25, 0.3) is 0 Å². The summed E-state index contributed by atoms with van der Waals surface area (Å²) in [5.41, 5.74) is 4.88. The van der Waals surface area contributed by atoms with Gasteiger partial charge in [-0.2, -0.15) is 0 Å². The average Bonchev–Trinajstić information content (AvgIpc) is 2.50. The summed E-state index contributed by atoms with van der Waals surface area (Å²) in [5, 5.41) is 3.39. The van der Waals surface area contributed by atoms with Crippen LogP contribution in [-0.2, 0) is 19.4 Å². The molecule has 21 heavy (non-hydrogen) atoms. The summed E-state index contributed by atoms with van der Waals surface area (Å²) in [6.45, 7) is 4.27. The van der Waals surface area contributed by atoms with E-state index in [0.29, 0.717) is 17.7 Å². The number of aromatic nitrogens is 2. The lowest BCUT2D eigenvalue weighted by molar-refractivity contribution is 0.608. The van der Waals surface area contributed by atoms with E-state index in [1.54, 1.807) is 20.2 Å². The lowest BCUT2D eigenvalue weighted by Gasteiger charge is -2.18. The molecular weight excluding hydrogens is 265 g/mol. The van der Waals surface area contributed by atoms with Crippen molar-refractivity contribution in [1.29, 1.82) is 0 Å². The molecule has 3 nitrogen and oxygen atoms in total. The Balaban J connectivity index is 1.79. The van der Waals surface area contributed by atoms with Crippen molar-refractivity contribution in [1.82, 2.24) is 9.97 Å². The molecule has 0 bridgehead atoms. The van der Waals surface area contributed by atoms with Crippen LogP contribution < -0.4 is 5.32 Å². The third-order valence-corrected chi connectivity index (χ3v) is 4.08. The van der Waals surface area contributed by atoms with Gasteiger partial charge >= 0.3 is 0 Å². The van der Waals surface area contributed by atoms with E-state index in [0.717, 1.165) is 24.2 Å². The molecule has 0 fully saturated rings. The molecule has 1 N–H and O–H groups in total. The number of hydrogen-bond donors (Lipinski definition) is 1. The molecular formula is C17H20FN3. The van der Waals surface area contributed by atoms with Crippen LogP contribution in [0.2, 0.25) is 0 Å². The number of rotatable bonds is 3. The van der Waals surface area contributed by atoms with Crippen LogP contribution >= 0.6 is 0 Å². The van der Waals surface area contributed by atoms with Gasteiger partial charge in [-0.1, -0.05) is 12.1 Å². The molecule has 1 aliphatic carbocycles. The second-order valence-electron chi connectivity index (χ2n) is 5.75. The predicted octanol–water partition coefficient (Wildman–Crippen LogP) is 3.72. The highest BCUT2D eigenvalue weighted by Crippen LogP contribution is 2.25. The van der Waals surface area contributed by atoms with E-state index in [2.05, 4.69) is 15.3 Å². The molecule has 1 aromatic carbocycles. The van der Waals surface area contributed by atoms with Gasteiger partial charge in [0.1, 0.15) is 18.0 Å². The molecule has 0 saturated heterocycles. The molecule has 0 saturated carbocycles. The van der Waals surface area contributed by atoms with Crippen LogP contribution in [0.3, 0.4) is 0 Å². The molecule has 1 aromatic heterocycles. The van der Waals surface area contributed by atoms with Crippen LogP contribution in [0, 0.1) is 19.7 Å². The quantitative estimate of drug-likeness (QED) is 0.934. The molecule has 0 atom stereocenters. The third kappa shape index (κ3) is 2.89. The smallest absolute Gasteiger partial charge is 0.133 e. The van der Waals surface area contributed by atoms with Crippen molar-refractivity contribution < 1.29 is 4.39 Å². The zero-order chi connectivity index (χ0) is 14.8. The van der Waals surface area contributed by atoms with Crippen molar-refractivity contribution >= 4 is 5.82 Å². The average molecular weight is 285 g/mol. The predicted molar refractivity (Wildman–Crippen MR) is 81.9 cm³/mol. The van der Waals surface area contributed by atoms with Gasteiger partial charge in [0.2, 0.25) is 0 Å². The normalized spacial score (nSPS) is 13.9. The largest absolute Gasteiger partial charge is 0.366 e. The van der Waals surface area contributed by atoms with Crippen LogP contribution in [0.5, 0.6) is 0 Å². The minimum Gasteiger partial charge on any atom is -0.366 e. The van der Waals surface area contributed by atoms with Crippen LogP contribution in [0.4, 0.5) is 10.2 Å². The molecule has 1 aliphatic rings. The fourth-order valence-corrected chi connectivity index (χ4v) is 3.00. The molecule has 3 rings (SSSR count). The molecule has 0 spiro atoms. The van der Waals surface area contributed by atoms with Gasteiger partial charge in [-0.25, -0.2) is 14.4 Å². The Kier molecular flexibility index (Phi) is 3.86. The highest BCUT2D eigenvalue weighted by atomic mass is 19.1. The summed E-state index contributed by atoms with van der Waals surface area (Å²) in [6, 6.07) is 3.78. The monoisotopic (exact) mass is 285 g/mol. The zero-order valence-electron chi connectivity index (χ0n) is 12.5. The SMILES string of the molecule is Cc1cc(CNc2ncnc3c2CCCC3)cc(C)c1F. The topological polar surface area (TPSA) is 37.8 Å². The molecule has 0 amide bonds. The van der Waals surface area contributed by atoms with E-state index in [4.69, 9.17) is 0 Å². The van der Waals surface area contributed by atoms with Gasteiger partial charge in [0.15, 0.2) is 0 Å². The number of nitrogens with zero attached hydrogens (tertiary/aromatic N) is 2. The number of halogens is 1. The first-order chi connectivity index (χ1) is 10.1. The first-order valence-electron chi connectivity index (χ1n) is 7.47. The minimum absolute atomic E-state index is 0.113. The number of hydrogen-bond acceptors (Lipinski definition) is 3. The Morgan fingerprint density at radius 2 is 1.81 bits per heavy atom. The maximum Gasteiger partial charge on any atom is 0.133 e. The zero-order valence-corrected chi connectivity index (χ0v) is 12.5. The Bertz CT molecular complexity index is 644. The van der Waals surface area contributed by atoms with Crippen molar-refractivity contribution in [2.75, 3.05) is 5.32 Å². The van der Waals surface area contributed by atoms with Crippen molar-refractivity contribution in [3.05, 3.63) is 52.2 Å². The fourth-order valence-electron chi connectivity index (χ4n) is 3.00.